The third-order valence-electron chi connectivity index (χ3n) is 4.19. The van der Waals surface area contributed by atoms with Crippen LogP contribution in [0.25, 0.3) is 0 Å². The van der Waals surface area contributed by atoms with Crippen molar-refractivity contribution in [1.82, 2.24) is 14.8 Å². The summed E-state index contributed by atoms with van der Waals surface area (Å²) in [6.45, 7) is 3.92. The number of thioether (sulfide) groups is 1. The van der Waals surface area contributed by atoms with E-state index in [9.17, 15) is 22.4 Å². The van der Waals surface area contributed by atoms with Gasteiger partial charge in [-0.1, -0.05) is 41.6 Å². The van der Waals surface area contributed by atoms with Gasteiger partial charge in [0, 0.05) is 6.54 Å². The third kappa shape index (κ3) is 6.48. The van der Waals surface area contributed by atoms with Crippen molar-refractivity contribution in [3.05, 3.63) is 77.3 Å². The zero-order valence-corrected chi connectivity index (χ0v) is 18.5. The number of carbonyl (C=O) groups excluding carboxylic acids is 1. The van der Waals surface area contributed by atoms with E-state index < -0.39 is 23.5 Å². The number of benzene rings is 2. The van der Waals surface area contributed by atoms with Gasteiger partial charge in [0.1, 0.15) is 18.2 Å². The maximum Gasteiger partial charge on any atom is 0.418 e. The molecule has 1 heterocycles. The lowest BCUT2D eigenvalue weighted by Gasteiger charge is -2.13. The lowest BCUT2D eigenvalue weighted by atomic mass is 10.1. The van der Waals surface area contributed by atoms with Gasteiger partial charge in [0.15, 0.2) is 11.0 Å². The van der Waals surface area contributed by atoms with Crippen molar-refractivity contribution in [2.24, 2.45) is 0 Å². The fourth-order valence-corrected chi connectivity index (χ4v) is 3.72. The number of nitrogens with zero attached hydrogens (tertiary/aromatic N) is 3. The smallest absolute Gasteiger partial charge is 0.418 e. The summed E-state index contributed by atoms with van der Waals surface area (Å²) in [6, 6.07) is 8.41. The largest absolute Gasteiger partial charge is 0.484 e. The van der Waals surface area contributed by atoms with Gasteiger partial charge in [-0.25, -0.2) is 4.39 Å². The Hall–Kier alpha value is -3.05. The van der Waals surface area contributed by atoms with E-state index in [4.69, 9.17) is 16.3 Å². The number of alkyl halides is 3. The zero-order valence-electron chi connectivity index (χ0n) is 16.9. The molecule has 1 amide bonds. The number of carbonyl (C=O) groups is 1. The van der Waals surface area contributed by atoms with E-state index in [1.807, 2.05) is 0 Å². The molecule has 1 N–H and O–H groups in total. The predicted octanol–water partition coefficient (Wildman–Crippen LogP) is 5.59. The van der Waals surface area contributed by atoms with Crippen molar-refractivity contribution in [1.29, 1.82) is 0 Å². The Morgan fingerprint density at radius 3 is 2.70 bits per heavy atom. The highest BCUT2D eigenvalue weighted by molar-refractivity contribution is 7.99. The van der Waals surface area contributed by atoms with Crippen LogP contribution in [0, 0.1) is 5.82 Å². The maximum atomic E-state index is 13.2. The molecule has 6 nitrogen and oxygen atoms in total. The molecule has 2 aromatic carbocycles. The molecule has 3 aromatic rings. The van der Waals surface area contributed by atoms with E-state index >= 15 is 0 Å². The summed E-state index contributed by atoms with van der Waals surface area (Å²) in [6.07, 6.45) is -3.01. The van der Waals surface area contributed by atoms with Crippen LogP contribution in [0.4, 0.5) is 23.2 Å². The quantitative estimate of drug-likeness (QED) is 0.236. The van der Waals surface area contributed by atoms with Gasteiger partial charge < -0.3 is 10.1 Å². The molecule has 0 aliphatic carbocycles. The van der Waals surface area contributed by atoms with Crippen LogP contribution in [-0.4, -0.2) is 26.4 Å². The van der Waals surface area contributed by atoms with E-state index in [1.165, 1.54) is 30.3 Å². The van der Waals surface area contributed by atoms with E-state index in [0.717, 1.165) is 23.9 Å². The molecule has 0 spiro atoms. The van der Waals surface area contributed by atoms with Crippen molar-refractivity contribution in [2.45, 2.75) is 24.5 Å². The standard InChI is InChI=1S/C21H17ClF4N4O2S/c1-2-9-30-18(11-32-17-8-7-13(23)10-15(17)22)28-29-20(30)33-12-19(31)27-16-6-4-3-5-14(16)21(24,25)26/h2-8,10H,1,9,11-12H2,(H,27,31). The van der Waals surface area contributed by atoms with Gasteiger partial charge in [-0.05, 0) is 30.3 Å². The Labute approximate surface area is 195 Å². The number of anilines is 1. The number of ether oxygens (including phenoxy) is 1. The zero-order chi connectivity index (χ0) is 24.0. The molecule has 0 aliphatic heterocycles. The number of hydrogen-bond acceptors (Lipinski definition) is 5. The summed E-state index contributed by atoms with van der Waals surface area (Å²) in [5, 5.41) is 10.8. The Kier molecular flexibility index (Phi) is 7.98. The SMILES string of the molecule is C=CCn1c(COc2ccc(F)cc2Cl)nnc1SCC(=O)Nc1ccccc1C(F)(F)F. The Morgan fingerprint density at radius 2 is 2.00 bits per heavy atom. The molecule has 1 aromatic heterocycles. The average Bonchev–Trinajstić information content (AvgIpc) is 3.13. The summed E-state index contributed by atoms with van der Waals surface area (Å²) in [5.74, 6) is -0.701. The minimum absolute atomic E-state index is 0.0437. The second-order valence-corrected chi connectivity index (χ2v) is 7.89. The molecule has 174 valence electrons. The second kappa shape index (κ2) is 10.7. The molecule has 0 saturated heterocycles. The highest BCUT2D eigenvalue weighted by Gasteiger charge is 2.33. The van der Waals surface area contributed by atoms with Crippen molar-refractivity contribution < 1.29 is 27.1 Å². The van der Waals surface area contributed by atoms with E-state index in [2.05, 4.69) is 22.1 Å². The molecule has 0 fully saturated rings. The molecule has 0 atom stereocenters. The predicted molar refractivity (Wildman–Crippen MR) is 117 cm³/mol. The van der Waals surface area contributed by atoms with Crippen molar-refractivity contribution >= 4 is 35.0 Å². The molecule has 0 unspecified atom stereocenters. The fourth-order valence-electron chi connectivity index (χ4n) is 2.74. The number of allylic oxidation sites excluding steroid dienone is 1. The van der Waals surface area contributed by atoms with Crippen LogP contribution in [-0.2, 0) is 24.1 Å². The van der Waals surface area contributed by atoms with Gasteiger partial charge in [0.25, 0.3) is 0 Å². The lowest BCUT2D eigenvalue weighted by Crippen LogP contribution is -2.18. The first-order valence-corrected chi connectivity index (χ1v) is 10.7. The van der Waals surface area contributed by atoms with Gasteiger partial charge >= 0.3 is 6.18 Å². The first-order chi connectivity index (χ1) is 15.7. The van der Waals surface area contributed by atoms with Gasteiger partial charge in [0.05, 0.1) is 22.0 Å². The molecule has 12 heteroatoms. The average molecular weight is 501 g/mol. The summed E-state index contributed by atoms with van der Waals surface area (Å²) in [7, 11) is 0. The Bertz CT molecular complexity index is 1150. The monoisotopic (exact) mass is 500 g/mol. The number of amides is 1. The minimum atomic E-state index is -4.59. The highest BCUT2D eigenvalue weighted by Crippen LogP contribution is 2.34. The van der Waals surface area contributed by atoms with Crippen molar-refractivity contribution in [3.63, 3.8) is 0 Å². The van der Waals surface area contributed by atoms with E-state index in [1.54, 1.807) is 10.6 Å². The molecule has 3 rings (SSSR count). The van der Waals surface area contributed by atoms with Gasteiger partial charge in [0.2, 0.25) is 5.91 Å². The topological polar surface area (TPSA) is 69.0 Å². The molecular formula is C21H17ClF4N4O2S. The number of para-hydroxylation sites is 1. The van der Waals surface area contributed by atoms with Crippen LogP contribution >= 0.6 is 23.4 Å². The highest BCUT2D eigenvalue weighted by atomic mass is 35.5. The first kappa shape index (κ1) is 24.6. The first-order valence-electron chi connectivity index (χ1n) is 9.38. The van der Waals surface area contributed by atoms with Crippen LogP contribution in [0.3, 0.4) is 0 Å². The Morgan fingerprint density at radius 1 is 1.24 bits per heavy atom. The fraction of sp³-hybridized carbons (Fsp3) is 0.190. The normalized spacial score (nSPS) is 11.3. The van der Waals surface area contributed by atoms with Crippen LogP contribution in [0.2, 0.25) is 5.02 Å². The summed E-state index contributed by atoms with van der Waals surface area (Å²) in [4.78, 5) is 12.3. The molecule has 0 radical (unpaired) electrons. The number of aromatic nitrogens is 3. The van der Waals surface area contributed by atoms with Gasteiger partial charge in [-0.3, -0.25) is 9.36 Å². The summed E-state index contributed by atoms with van der Waals surface area (Å²) in [5.41, 5.74) is -1.26. The number of hydrogen-bond donors (Lipinski definition) is 1. The van der Waals surface area contributed by atoms with Gasteiger partial charge in [-0.2, -0.15) is 13.2 Å². The molecular weight excluding hydrogens is 484 g/mol. The molecule has 0 saturated carbocycles. The maximum absolute atomic E-state index is 13.2. The van der Waals surface area contributed by atoms with Crippen molar-refractivity contribution in [2.75, 3.05) is 11.1 Å². The summed E-state index contributed by atoms with van der Waals surface area (Å²) < 4.78 is 59.7. The second-order valence-electron chi connectivity index (χ2n) is 6.54. The third-order valence-corrected chi connectivity index (χ3v) is 5.46. The van der Waals surface area contributed by atoms with Crippen LogP contribution in [0.15, 0.2) is 60.3 Å². The molecule has 33 heavy (non-hydrogen) atoms. The molecule has 0 bridgehead atoms. The van der Waals surface area contributed by atoms with Crippen LogP contribution in [0.1, 0.15) is 11.4 Å². The number of rotatable bonds is 9. The van der Waals surface area contributed by atoms with Gasteiger partial charge in [-0.15, -0.1) is 16.8 Å². The lowest BCUT2D eigenvalue weighted by molar-refractivity contribution is -0.137. The Balaban J connectivity index is 1.66. The van der Waals surface area contributed by atoms with Crippen molar-refractivity contribution in [3.8, 4) is 5.75 Å². The molecule has 0 aliphatic rings. The van der Waals surface area contributed by atoms with E-state index in [-0.39, 0.29) is 28.8 Å². The minimum Gasteiger partial charge on any atom is -0.484 e. The van der Waals surface area contributed by atoms with Crippen LogP contribution < -0.4 is 10.1 Å². The number of halogens is 5. The number of nitrogens with one attached hydrogen (secondary N) is 1. The van der Waals surface area contributed by atoms with Crippen LogP contribution in [0.5, 0.6) is 5.75 Å². The summed E-state index contributed by atoms with van der Waals surface area (Å²) >= 11 is 6.94. The van der Waals surface area contributed by atoms with E-state index in [0.29, 0.717) is 17.5 Å².